The van der Waals surface area contributed by atoms with E-state index in [-0.39, 0.29) is 5.78 Å². The molecule has 1 unspecified atom stereocenters. The maximum absolute atomic E-state index is 12.2. The van der Waals surface area contributed by atoms with Crippen LogP contribution in [0.5, 0.6) is 5.75 Å². The Labute approximate surface area is 107 Å². The van der Waals surface area contributed by atoms with E-state index in [2.05, 4.69) is 6.07 Å². The number of ketones is 1. The Balaban J connectivity index is 2.34. The summed E-state index contributed by atoms with van der Waals surface area (Å²) in [6, 6.07) is 7.43. The van der Waals surface area contributed by atoms with Crippen molar-refractivity contribution in [3.05, 3.63) is 38.7 Å². The molecule has 0 radical (unpaired) electrons. The third-order valence-corrected chi connectivity index (χ3v) is 4.14. The van der Waals surface area contributed by atoms with Gasteiger partial charge in [-0.3, -0.25) is 4.79 Å². The summed E-state index contributed by atoms with van der Waals surface area (Å²) in [5, 5.41) is 12.8. The SMILES string of the molecule is COc1ccsc1C(=O)C(C#N)c1cccs1. The van der Waals surface area contributed by atoms with Crippen LogP contribution < -0.4 is 4.74 Å². The van der Waals surface area contributed by atoms with E-state index in [0.29, 0.717) is 10.6 Å². The Morgan fingerprint density at radius 1 is 1.41 bits per heavy atom. The minimum absolute atomic E-state index is 0.193. The number of thiophene rings is 2. The second-order valence-corrected chi connectivity index (χ2v) is 5.16. The van der Waals surface area contributed by atoms with Crippen LogP contribution >= 0.6 is 22.7 Å². The van der Waals surface area contributed by atoms with E-state index in [4.69, 9.17) is 10.00 Å². The maximum atomic E-state index is 12.2. The molecular formula is C12H9NO2S2. The van der Waals surface area contributed by atoms with Gasteiger partial charge in [0.15, 0.2) is 5.78 Å². The fourth-order valence-electron chi connectivity index (χ4n) is 1.48. The standard InChI is InChI=1S/C12H9NO2S2/c1-15-9-4-6-17-12(9)11(14)8(7-13)10-3-2-5-16-10/h2-6,8H,1H3. The van der Waals surface area contributed by atoms with E-state index >= 15 is 0 Å². The second-order valence-electron chi connectivity index (χ2n) is 3.26. The lowest BCUT2D eigenvalue weighted by molar-refractivity contribution is 0.0981. The quantitative estimate of drug-likeness (QED) is 0.795. The van der Waals surface area contributed by atoms with E-state index < -0.39 is 5.92 Å². The summed E-state index contributed by atoms with van der Waals surface area (Å²) in [5.74, 6) is -0.388. The highest BCUT2D eigenvalue weighted by molar-refractivity contribution is 7.13. The Morgan fingerprint density at radius 2 is 2.24 bits per heavy atom. The minimum atomic E-state index is -0.734. The van der Waals surface area contributed by atoms with Crippen LogP contribution in [0.2, 0.25) is 0 Å². The largest absolute Gasteiger partial charge is 0.495 e. The molecule has 5 heteroatoms. The Hall–Kier alpha value is -1.64. The molecule has 0 aliphatic rings. The van der Waals surface area contributed by atoms with Crippen molar-refractivity contribution in [1.29, 1.82) is 5.26 Å². The highest BCUT2D eigenvalue weighted by atomic mass is 32.1. The van der Waals surface area contributed by atoms with Gasteiger partial charge in [-0.25, -0.2) is 0 Å². The number of carbonyl (C=O) groups is 1. The van der Waals surface area contributed by atoms with Gasteiger partial charge in [-0.2, -0.15) is 5.26 Å². The molecule has 1 atom stereocenters. The van der Waals surface area contributed by atoms with Gasteiger partial charge in [0.2, 0.25) is 0 Å². The molecule has 0 fully saturated rings. The maximum Gasteiger partial charge on any atom is 0.198 e. The van der Waals surface area contributed by atoms with Crippen molar-refractivity contribution >= 4 is 28.5 Å². The smallest absolute Gasteiger partial charge is 0.198 e. The number of nitrogens with zero attached hydrogens (tertiary/aromatic N) is 1. The highest BCUT2D eigenvalue weighted by Crippen LogP contribution is 2.32. The van der Waals surface area contributed by atoms with E-state index in [9.17, 15) is 4.79 Å². The number of carbonyl (C=O) groups excluding carboxylic acids is 1. The first-order valence-electron chi connectivity index (χ1n) is 4.86. The normalized spacial score (nSPS) is 11.8. The van der Waals surface area contributed by atoms with Gasteiger partial charge < -0.3 is 4.74 Å². The summed E-state index contributed by atoms with van der Waals surface area (Å²) in [6.07, 6.45) is 0. The predicted octanol–water partition coefficient (Wildman–Crippen LogP) is 3.31. The van der Waals surface area contributed by atoms with Crippen molar-refractivity contribution in [3.8, 4) is 11.8 Å². The topological polar surface area (TPSA) is 50.1 Å². The first-order chi connectivity index (χ1) is 8.27. The molecule has 3 nitrogen and oxygen atoms in total. The van der Waals surface area contributed by atoms with Gasteiger partial charge in [-0.05, 0) is 22.9 Å². The molecular weight excluding hydrogens is 254 g/mol. The van der Waals surface area contributed by atoms with Crippen molar-refractivity contribution in [2.75, 3.05) is 7.11 Å². The molecule has 0 saturated carbocycles. The van der Waals surface area contributed by atoms with Crippen LogP contribution in [-0.2, 0) is 0 Å². The minimum Gasteiger partial charge on any atom is -0.495 e. The molecule has 86 valence electrons. The summed E-state index contributed by atoms with van der Waals surface area (Å²) in [7, 11) is 1.52. The molecule has 17 heavy (non-hydrogen) atoms. The molecule has 0 aliphatic carbocycles. The number of ether oxygens (including phenoxy) is 1. The molecule has 0 amide bonds. The monoisotopic (exact) mass is 263 g/mol. The van der Waals surface area contributed by atoms with Gasteiger partial charge in [0.25, 0.3) is 0 Å². The van der Waals surface area contributed by atoms with Gasteiger partial charge in [0.05, 0.1) is 13.2 Å². The molecule has 2 aromatic rings. The molecule has 2 heterocycles. The van der Waals surface area contributed by atoms with Gasteiger partial charge in [0, 0.05) is 4.88 Å². The van der Waals surface area contributed by atoms with Gasteiger partial charge in [0.1, 0.15) is 16.5 Å². The third kappa shape index (κ3) is 2.23. The molecule has 2 rings (SSSR count). The van der Waals surface area contributed by atoms with Gasteiger partial charge in [-0.15, -0.1) is 22.7 Å². The summed E-state index contributed by atoms with van der Waals surface area (Å²) in [6.45, 7) is 0. The van der Waals surface area contributed by atoms with Crippen molar-refractivity contribution < 1.29 is 9.53 Å². The lowest BCUT2D eigenvalue weighted by atomic mass is 10.0. The van der Waals surface area contributed by atoms with E-state index in [1.165, 1.54) is 29.8 Å². The van der Waals surface area contributed by atoms with Crippen molar-refractivity contribution in [2.24, 2.45) is 0 Å². The van der Waals surface area contributed by atoms with Crippen molar-refractivity contribution in [2.45, 2.75) is 5.92 Å². The number of rotatable bonds is 4. The van der Waals surface area contributed by atoms with Crippen LogP contribution in [0.1, 0.15) is 20.5 Å². The highest BCUT2D eigenvalue weighted by Gasteiger charge is 2.26. The van der Waals surface area contributed by atoms with Gasteiger partial charge >= 0.3 is 0 Å². The second kappa shape index (κ2) is 5.13. The zero-order valence-corrected chi connectivity index (χ0v) is 10.7. The lowest BCUT2D eigenvalue weighted by Crippen LogP contribution is -2.09. The van der Waals surface area contributed by atoms with Crippen LogP contribution in [-0.4, -0.2) is 12.9 Å². The fraction of sp³-hybridized carbons (Fsp3) is 0.167. The predicted molar refractivity (Wildman–Crippen MR) is 67.9 cm³/mol. The van der Waals surface area contributed by atoms with Crippen molar-refractivity contribution in [1.82, 2.24) is 0 Å². The number of methoxy groups -OCH3 is 1. The summed E-state index contributed by atoms with van der Waals surface area (Å²) >= 11 is 2.72. The Morgan fingerprint density at radius 3 is 2.82 bits per heavy atom. The molecule has 0 saturated heterocycles. The number of hydrogen-bond acceptors (Lipinski definition) is 5. The molecule has 0 spiro atoms. The molecule has 0 N–H and O–H groups in total. The van der Waals surface area contributed by atoms with E-state index in [1.807, 2.05) is 11.4 Å². The first kappa shape index (κ1) is 11.8. The molecule has 0 bridgehead atoms. The molecule has 0 aliphatic heterocycles. The van der Waals surface area contributed by atoms with Crippen LogP contribution in [0.4, 0.5) is 0 Å². The van der Waals surface area contributed by atoms with E-state index in [1.54, 1.807) is 17.5 Å². The lowest BCUT2D eigenvalue weighted by Gasteiger charge is -2.05. The number of nitriles is 1. The van der Waals surface area contributed by atoms with Gasteiger partial charge in [-0.1, -0.05) is 6.07 Å². The Bertz CT molecular complexity index is 551. The van der Waals surface area contributed by atoms with E-state index in [0.717, 1.165) is 4.88 Å². The van der Waals surface area contributed by atoms with Crippen LogP contribution in [0.25, 0.3) is 0 Å². The molecule has 0 aromatic carbocycles. The van der Waals surface area contributed by atoms with Crippen LogP contribution in [0, 0.1) is 11.3 Å². The average molecular weight is 263 g/mol. The summed E-state index contributed by atoms with van der Waals surface area (Å²) in [4.78, 5) is 13.5. The third-order valence-electron chi connectivity index (χ3n) is 2.29. The zero-order chi connectivity index (χ0) is 12.3. The fourth-order valence-corrected chi connectivity index (χ4v) is 3.07. The zero-order valence-electron chi connectivity index (χ0n) is 9.04. The van der Waals surface area contributed by atoms with Crippen molar-refractivity contribution in [3.63, 3.8) is 0 Å². The van der Waals surface area contributed by atoms with Crippen LogP contribution in [0.15, 0.2) is 29.0 Å². The molecule has 2 aromatic heterocycles. The number of hydrogen-bond donors (Lipinski definition) is 0. The van der Waals surface area contributed by atoms with Crippen LogP contribution in [0.3, 0.4) is 0 Å². The Kier molecular flexibility index (Phi) is 3.57. The average Bonchev–Trinajstić information content (AvgIpc) is 3.00. The number of Topliss-reactive ketones (excluding diaryl/α,β-unsaturated/α-hetero) is 1. The summed E-state index contributed by atoms with van der Waals surface area (Å²) < 4.78 is 5.10. The summed E-state index contributed by atoms with van der Waals surface area (Å²) in [5.41, 5.74) is 0. The first-order valence-corrected chi connectivity index (χ1v) is 6.62.